The van der Waals surface area contributed by atoms with Crippen LogP contribution in [-0.2, 0) is 0 Å². The Bertz CT molecular complexity index is 178. The molecule has 0 amide bonds. The van der Waals surface area contributed by atoms with Crippen molar-refractivity contribution < 1.29 is 0 Å². The van der Waals surface area contributed by atoms with Crippen LogP contribution in [-0.4, -0.2) is 4.99 Å². The highest BCUT2D eigenvalue weighted by Crippen LogP contribution is 2.42. The molecule has 2 bridgehead atoms. The molecule has 0 aromatic rings. The molecule has 2 aliphatic rings. The Balaban J connectivity index is 2.00. The summed E-state index contributed by atoms with van der Waals surface area (Å²) < 4.78 is 0. The first-order chi connectivity index (χ1) is 5.75. The summed E-state index contributed by atoms with van der Waals surface area (Å²) in [6.45, 7) is 0. The third-order valence-corrected chi connectivity index (χ3v) is 3.86. The Kier molecular flexibility index (Phi) is 2.35. The van der Waals surface area contributed by atoms with Crippen molar-refractivity contribution in [2.75, 3.05) is 0 Å². The van der Waals surface area contributed by atoms with Crippen molar-refractivity contribution in [2.45, 2.75) is 38.5 Å². The van der Waals surface area contributed by atoms with Crippen LogP contribution in [0, 0.1) is 17.8 Å². The van der Waals surface area contributed by atoms with Crippen molar-refractivity contribution >= 4 is 17.2 Å². The van der Waals surface area contributed by atoms with Crippen molar-refractivity contribution in [3.05, 3.63) is 0 Å². The lowest BCUT2D eigenvalue weighted by atomic mass is 9.68. The van der Waals surface area contributed by atoms with Gasteiger partial charge in [-0.05, 0) is 31.1 Å². The summed E-state index contributed by atoms with van der Waals surface area (Å²) in [5.74, 6) is 2.47. The van der Waals surface area contributed by atoms with Crippen LogP contribution in [0.4, 0.5) is 0 Å². The zero-order valence-electron chi connectivity index (χ0n) is 7.46. The first-order valence-electron chi connectivity index (χ1n) is 5.05. The highest BCUT2D eigenvalue weighted by atomic mass is 32.1. The van der Waals surface area contributed by atoms with Gasteiger partial charge in [-0.1, -0.05) is 31.5 Å². The van der Waals surface area contributed by atoms with Gasteiger partial charge in [-0.3, -0.25) is 0 Å². The van der Waals surface area contributed by atoms with Gasteiger partial charge < -0.3 is 5.73 Å². The lowest BCUT2D eigenvalue weighted by molar-refractivity contribution is 0.166. The van der Waals surface area contributed by atoms with Gasteiger partial charge in [0.2, 0.25) is 0 Å². The van der Waals surface area contributed by atoms with Crippen molar-refractivity contribution in [2.24, 2.45) is 23.5 Å². The normalized spacial score (nSPS) is 40.8. The molecule has 68 valence electrons. The summed E-state index contributed by atoms with van der Waals surface area (Å²) >= 11 is 5.07. The number of fused-ring (bicyclic) bond motifs is 2. The van der Waals surface area contributed by atoms with E-state index >= 15 is 0 Å². The van der Waals surface area contributed by atoms with Crippen LogP contribution in [0.3, 0.4) is 0 Å². The summed E-state index contributed by atoms with van der Waals surface area (Å²) in [5, 5.41) is 0. The average Bonchev–Trinajstić information content (AvgIpc) is 2.03. The average molecular weight is 183 g/mol. The number of nitrogens with two attached hydrogens (primary N) is 1. The molecule has 1 nitrogen and oxygen atoms in total. The largest absolute Gasteiger partial charge is 0.393 e. The van der Waals surface area contributed by atoms with Gasteiger partial charge in [-0.2, -0.15) is 0 Å². The van der Waals surface area contributed by atoms with E-state index in [0.717, 1.165) is 16.8 Å². The van der Waals surface area contributed by atoms with Crippen LogP contribution >= 0.6 is 12.2 Å². The minimum atomic E-state index is 0.573. The molecular weight excluding hydrogens is 166 g/mol. The van der Waals surface area contributed by atoms with Gasteiger partial charge in [0.05, 0.1) is 4.99 Å². The van der Waals surface area contributed by atoms with Gasteiger partial charge in [0, 0.05) is 5.92 Å². The molecule has 2 N–H and O–H groups in total. The molecular formula is C10H17NS. The highest BCUT2D eigenvalue weighted by Gasteiger charge is 2.32. The fourth-order valence-corrected chi connectivity index (χ4v) is 3.16. The predicted molar refractivity (Wildman–Crippen MR) is 55.0 cm³/mol. The molecule has 0 radical (unpaired) electrons. The zero-order valence-corrected chi connectivity index (χ0v) is 8.28. The van der Waals surface area contributed by atoms with Crippen molar-refractivity contribution in [3.63, 3.8) is 0 Å². The van der Waals surface area contributed by atoms with E-state index in [1.54, 1.807) is 0 Å². The first kappa shape index (κ1) is 8.49. The molecule has 2 fully saturated rings. The van der Waals surface area contributed by atoms with Gasteiger partial charge in [0.25, 0.3) is 0 Å². The Morgan fingerprint density at radius 2 is 1.67 bits per heavy atom. The van der Waals surface area contributed by atoms with E-state index in [1.807, 2.05) is 0 Å². The number of thiocarbonyl (C=S) groups is 1. The summed E-state index contributed by atoms with van der Waals surface area (Å²) in [6, 6.07) is 0. The minimum absolute atomic E-state index is 0.573. The third-order valence-electron chi connectivity index (χ3n) is 3.53. The maximum Gasteiger partial charge on any atom is 0.0758 e. The predicted octanol–water partition coefficient (Wildman–Crippen LogP) is 2.49. The Morgan fingerprint density at radius 3 is 2.17 bits per heavy atom. The first-order valence-corrected chi connectivity index (χ1v) is 5.46. The fourth-order valence-electron chi connectivity index (χ4n) is 2.96. The SMILES string of the molecule is NC(=S)C1CC2CCCC(C2)C1. The van der Waals surface area contributed by atoms with Crippen molar-refractivity contribution in [1.29, 1.82) is 0 Å². The van der Waals surface area contributed by atoms with Gasteiger partial charge >= 0.3 is 0 Å². The van der Waals surface area contributed by atoms with Gasteiger partial charge in [0.15, 0.2) is 0 Å². The number of rotatable bonds is 1. The van der Waals surface area contributed by atoms with Crippen molar-refractivity contribution in [1.82, 2.24) is 0 Å². The summed E-state index contributed by atoms with van der Waals surface area (Å²) in [7, 11) is 0. The molecule has 12 heavy (non-hydrogen) atoms. The topological polar surface area (TPSA) is 26.0 Å². The van der Waals surface area contributed by atoms with Crippen LogP contribution < -0.4 is 5.73 Å². The lowest BCUT2D eigenvalue weighted by Gasteiger charge is -2.38. The van der Waals surface area contributed by atoms with E-state index in [2.05, 4.69) is 0 Å². The maximum atomic E-state index is 5.70. The summed E-state index contributed by atoms with van der Waals surface area (Å²) in [5.41, 5.74) is 5.70. The molecule has 0 saturated heterocycles. The monoisotopic (exact) mass is 183 g/mol. The zero-order chi connectivity index (χ0) is 8.55. The van der Waals surface area contributed by atoms with E-state index in [0.29, 0.717) is 5.92 Å². The number of hydrogen-bond donors (Lipinski definition) is 1. The lowest BCUT2D eigenvalue weighted by Crippen LogP contribution is -2.33. The van der Waals surface area contributed by atoms with E-state index < -0.39 is 0 Å². The molecule has 2 heteroatoms. The smallest absolute Gasteiger partial charge is 0.0758 e. The Hall–Kier alpha value is -0.110. The standard InChI is InChI=1S/C10H17NS/c11-10(12)9-5-7-2-1-3-8(4-7)6-9/h7-9H,1-6H2,(H2,11,12). The molecule has 0 heterocycles. The molecule has 2 atom stereocenters. The Morgan fingerprint density at radius 1 is 1.08 bits per heavy atom. The van der Waals surface area contributed by atoms with E-state index in [9.17, 15) is 0 Å². The Labute approximate surface area is 79.7 Å². The summed E-state index contributed by atoms with van der Waals surface area (Å²) in [6.07, 6.45) is 8.32. The molecule has 0 aromatic carbocycles. The molecule has 0 aromatic heterocycles. The molecule has 2 saturated carbocycles. The van der Waals surface area contributed by atoms with Crippen molar-refractivity contribution in [3.8, 4) is 0 Å². The molecule has 2 rings (SSSR count). The molecule has 0 aliphatic heterocycles. The fraction of sp³-hybridized carbons (Fsp3) is 0.900. The minimum Gasteiger partial charge on any atom is -0.393 e. The molecule has 0 spiro atoms. The van der Waals surface area contributed by atoms with Gasteiger partial charge in [0.1, 0.15) is 0 Å². The van der Waals surface area contributed by atoms with Crippen LogP contribution in [0.2, 0.25) is 0 Å². The van der Waals surface area contributed by atoms with E-state index in [1.165, 1.54) is 38.5 Å². The van der Waals surface area contributed by atoms with Crippen LogP contribution in [0.1, 0.15) is 38.5 Å². The van der Waals surface area contributed by atoms with Gasteiger partial charge in [-0.15, -0.1) is 0 Å². The van der Waals surface area contributed by atoms with Crippen LogP contribution in [0.15, 0.2) is 0 Å². The molecule has 2 aliphatic carbocycles. The highest BCUT2D eigenvalue weighted by molar-refractivity contribution is 7.80. The van der Waals surface area contributed by atoms with E-state index in [-0.39, 0.29) is 0 Å². The van der Waals surface area contributed by atoms with Crippen LogP contribution in [0.25, 0.3) is 0 Å². The second-order valence-electron chi connectivity index (χ2n) is 4.47. The third kappa shape index (κ3) is 1.63. The quantitative estimate of drug-likeness (QED) is 0.632. The second-order valence-corrected chi connectivity index (χ2v) is 4.94. The number of hydrogen-bond acceptors (Lipinski definition) is 1. The molecule has 2 unspecified atom stereocenters. The van der Waals surface area contributed by atoms with E-state index in [4.69, 9.17) is 18.0 Å². The second kappa shape index (κ2) is 3.33. The van der Waals surface area contributed by atoms with Crippen LogP contribution in [0.5, 0.6) is 0 Å². The van der Waals surface area contributed by atoms with Gasteiger partial charge in [-0.25, -0.2) is 0 Å². The summed E-state index contributed by atoms with van der Waals surface area (Å²) in [4.78, 5) is 0.770. The maximum absolute atomic E-state index is 5.70.